The van der Waals surface area contributed by atoms with Gasteiger partial charge in [0.2, 0.25) is 0 Å². The maximum absolute atomic E-state index is 8.89. The van der Waals surface area contributed by atoms with Crippen molar-refractivity contribution in [1.29, 1.82) is 5.26 Å². The van der Waals surface area contributed by atoms with E-state index in [4.69, 9.17) is 5.26 Å². The molecule has 1 saturated carbocycles. The van der Waals surface area contributed by atoms with Crippen molar-refractivity contribution in [1.82, 2.24) is 15.2 Å². The molecule has 0 aliphatic heterocycles. The lowest BCUT2D eigenvalue weighted by molar-refractivity contribution is 0.139. The van der Waals surface area contributed by atoms with Gasteiger partial charge in [0.25, 0.3) is 0 Å². The van der Waals surface area contributed by atoms with Crippen LogP contribution in [0, 0.1) is 11.3 Å². The first-order chi connectivity index (χ1) is 10.3. The lowest BCUT2D eigenvalue weighted by Crippen LogP contribution is -2.42. The molecule has 0 radical (unpaired) electrons. The quantitative estimate of drug-likeness (QED) is 0.837. The SMILES string of the molecule is CCNC1CCC(N(CCC#N)Cc2cccnc2)CC1. The summed E-state index contributed by atoms with van der Waals surface area (Å²) in [5.74, 6) is 0. The van der Waals surface area contributed by atoms with Crippen LogP contribution in [0.3, 0.4) is 0 Å². The fraction of sp³-hybridized carbons (Fsp3) is 0.647. The Kier molecular flexibility index (Phi) is 6.65. The zero-order valence-corrected chi connectivity index (χ0v) is 13.0. The summed E-state index contributed by atoms with van der Waals surface area (Å²) in [7, 11) is 0. The van der Waals surface area contributed by atoms with E-state index in [1.165, 1.54) is 31.2 Å². The standard InChI is InChI=1S/C17H26N4/c1-2-20-16-6-8-17(9-7-16)21(12-4-10-18)14-15-5-3-11-19-13-15/h3,5,11,13,16-17,20H,2,4,6-9,12,14H2,1H3. The number of pyridine rings is 1. The number of aromatic nitrogens is 1. The number of rotatable bonds is 7. The Hall–Kier alpha value is -1.44. The predicted molar refractivity (Wildman–Crippen MR) is 84.6 cm³/mol. The Morgan fingerprint density at radius 2 is 2.19 bits per heavy atom. The van der Waals surface area contributed by atoms with Crippen molar-refractivity contribution in [3.05, 3.63) is 30.1 Å². The Morgan fingerprint density at radius 1 is 1.38 bits per heavy atom. The van der Waals surface area contributed by atoms with Crippen LogP contribution in [0.4, 0.5) is 0 Å². The molecular weight excluding hydrogens is 260 g/mol. The second kappa shape index (κ2) is 8.76. The van der Waals surface area contributed by atoms with Crippen LogP contribution in [0.5, 0.6) is 0 Å². The second-order valence-electron chi connectivity index (χ2n) is 5.80. The number of nitriles is 1. The van der Waals surface area contributed by atoms with Crippen molar-refractivity contribution >= 4 is 0 Å². The molecule has 1 aromatic rings. The lowest BCUT2D eigenvalue weighted by atomic mass is 9.89. The minimum atomic E-state index is 0.605. The van der Waals surface area contributed by atoms with Crippen LogP contribution >= 0.6 is 0 Å². The molecular formula is C17H26N4. The summed E-state index contributed by atoms with van der Waals surface area (Å²) >= 11 is 0. The highest BCUT2D eigenvalue weighted by molar-refractivity contribution is 5.08. The van der Waals surface area contributed by atoms with E-state index < -0.39 is 0 Å². The van der Waals surface area contributed by atoms with Crippen molar-refractivity contribution in [2.75, 3.05) is 13.1 Å². The summed E-state index contributed by atoms with van der Waals surface area (Å²) in [6, 6.07) is 7.68. The van der Waals surface area contributed by atoms with Crippen molar-refractivity contribution < 1.29 is 0 Å². The minimum Gasteiger partial charge on any atom is -0.314 e. The van der Waals surface area contributed by atoms with Gasteiger partial charge < -0.3 is 5.32 Å². The molecule has 0 bridgehead atoms. The molecule has 0 unspecified atom stereocenters. The molecule has 1 aromatic heterocycles. The van der Waals surface area contributed by atoms with Gasteiger partial charge in [0.1, 0.15) is 0 Å². The Balaban J connectivity index is 1.92. The summed E-state index contributed by atoms with van der Waals surface area (Å²) in [5.41, 5.74) is 1.24. The first-order valence-electron chi connectivity index (χ1n) is 8.06. The molecule has 114 valence electrons. The van der Waals surface area contributed by atoms with Crippen molar-refractivity contribution in [2.45, 2.75) is 57.7 Å². The molecule has 1 heterocycles. The average Bonchev–Trinajstić information content (AvgIpc) is 2.53. The fourth-order valence-corrected chi connectivity index (χ4v) is 3.24. The van der Waals surface area contributed by atoms with Crippen molar-refractivity contribution in [2.24, 2.45) is 0 Å². The van der Waals surface area contributed by atoms with Crippen LogP contribution < -0.4 is 5.32 Å². The van der Waals surface area contributed by atoms with E-state index in [9.17, 15) is 0 Å². The maximum Gasteiger partial charge on any atom is 0.0635 e. The summed E-state index contributed by atoms with van der Waals surface area (Å²) in [6.45, 7) is 5.00. The maximum atomic E-state index is 8.89. The first-order valence-corrected chi connectivity index (χ1v) is 8.06. The zero-order valence-electron chi connectivity index (χ0n) is 13.0. The normalized spacial score (nSPS) is 22.1. The molecule has 21 heavy (non-hydrogen) atoms. The van der Waals surface area contributed by atoms with Gasteiger partial charge in [-0.25, -0.2) is 0 Å². The van der Waals surface area contributed by atoms with Gasteiger partial charge in [-0.3, -0.25) is 9.88 Å². The van der Waals surface area contributed by atoms with Gasteiger partial charge in [-0.2, -0.15) is 5.26 Å². The highest BCUT2D eigenvalue weighted by Gasteiger charge is 2.25. The third kappa shape index (κ3) is 5.11. The molecule has 1 aliphatic rings. The van der Waals surface area contributed by atoms with Crippen LogP contribution in [-0.4, -0.2) is 35.1 Å². The molecule has 4 heteroatoms. The summed E-state index contributed by atoms with van der Waals surface area (Å²) in [6.07, 6.45) is 9.29. The molecule has 1 N–H and O–H groups in total. The van der Waals surface area contributed by atoms with Crippen molar-refractivity contribution in [3.63, 3.8) is 0 Å². The van der Waals surface area contributed by atoms with Crippen LogP contribution in [0.2, 0.25) is 0 Å². The van der Waals surface area contributed by atoms with E-state index in [0.717, 1.165) is 19.6 Å². The Labute approximate surface area is 128 Å². The molecule has 2 rings (SSSR count). The van der Waals surface area contributed by atoms with Gasteiger partial charge in [0, 0.05) is 44.0 Å². The van der Waals surface area contributed by atoms with Gasteiger partial charge in [0.05, 0.1) is 6.07 Å². The predicted octanol–water partition coefficient (Wildman–Crippen LogP) is 2.72. The van der Waals surface area contributed by atoms with Gasteiger partial charge in [-0.1, -0.05) is 13.0 Å². The van der Waals surface area contributed by atoms with Gasteiger partial charge in [-0.15, -0.1) is 0 Å². The number of nitrogens with one attached hydrogen (secondary N) is 1. The Morgan fingerprint density at radius 3 is 2.81 bits per heavy atom. The third-order valence-electron chi connectivity index (χ3n) is 4.33. The zero-order chi connectivity index (χ0) is 14.9. The van der Waals surface area contributed by atoms with E-state index in [1.807, 2.05) is 18.5 Å². The van der Waals surface area contributed by atoms with E-state index in [2.05, 4.69) is 34.3 Å². The van der Waals surface area contributed by atoms with Gasteiger partial charge in [0.15, 0.2) is 0 Å². The van der Waals surface area contributed by atoms with E-state index in [0.29, 0.717) is 18.5 Å². The van der Waals surface area contributed by atoms with Crippen LogP contribution in [0.25, 0.3) is 0 Å². The molecule has 0 saturated heterocycles. The molecule has 0 amide bonds. The molecule has 1 fully saturated rings. The van der Waals surface area contributed by atoms with Crippen LogP contribution in [0.15, 0.2) is 24.5 Å². The fourth-order valence-electron chi connectivity index (χ4n) is 3.24. The van der Waals surface area contributed by atoms with E-state index in [1.54, 1.807) is 0 Å². The minimum absolute atomic E-state index is 0.605. The number of nitrogens with zero attached hydrogens (tertiary/aromatic N) is 3. The summed E-state index contributed by atoms with van der Waals surface area (Å²) in [5, 5.41) is 12.4. The Bertz CT molecular complexity index is 432. The van der Waals surface area contributed by atoms with E-state index >= 15 is 0 Å². The largest absolute Gasteiger partial charge is 0.314 e. The molecule has 0 spiro atoms. The molecule has 0 aromatic carbocycles. The lowest BCUT2D eigenvalue weighted by Gasteiger charge is -2.37. The number of hydrogen-bond acceptors (Lipinski definition) is 4. The van der Waals surface area contributed by atoms with Gasteiger partial charge in [-0.05, 0) is 43.9 Å². The topological polar surface area (TPSA) is 52.0 Å². The van der Waals surface area contributed by atoms with Crippen LogP contribution in [0.1, 0.15) is 44.6 Å². The monoisotopic (exact) mass is 286 g/mol. The molecule has 4 nitrogen and oxygen atoms in total. The van der Waals surface area contributed by atoms with E-state index in [-0.39, 0.29) is 0 Å². The average molecular weight is 286 g/mol. The molecule has 1 aliphatic carbocycles. The van der Waals surface area contributed by atoms with Crippen molar-refractivity contribution in [3.8, 4) is 6.07 Å². The summed E-state index contributed by atoms with van der Waals surface area (Å²) < 4.78 is 0. The second-order valence-corrected chi connectivity index (χ2v) is 5.80. The summed E-state index contributed by atoms with van der Waals surface area (Å²) in [4.78, 5) is 6.67. The highest BCUT2D eigenvalue weighted by Crippen LogP contribution is 2.24. The van der Waals surface area contributed by atoms with Gasteiger partial charge >= 0.3 is 0 Å². The third-order valence-corrected chi connectivity index (χ3v) is 4.33. The first kappa shape index (κ1) is 15.9. The molecule has 0 atom stereocenters. The smallest absolute Gasteiger partial charge is 0.0635 e. The highest BCUT2D eigenvalue weighted by atomic mass is 15.2. The van der Waals surface area contributed by atoms with Crippen LogP contribution in [-0.2, 0) is 6.54 Å². The number of hydrogen-bond donors (Lipinski definition) is 1.